The molecule has 5 heteroatoms. The molecule has 0 spiro atoms. The molecular formula is C18H17N5. The first-order chi connectivity index (χ1) is 11.1. The largest absolute Gasteiger partial charge is 0.382 e. The van der Waals surface area contributed by atoms with Crippen LogP contribution in [-0.2, 0) is 0 Å². The second kappa shape index (κ2) is 4.98. The van der Waals surface area contributed by atoms with E-state index in [4.69, 9.17) is 5.73 Å². The third-order valence-electron chi connectivity index (χ3n) is 4.11. The van der Waals surface area contributed by atoms with Crippen molar-refractivity contribution in [3.63, 3.8) is 0 Å². The summed E-state index contributed by atoms with van der Waals surface area (Å²) in [5.41, 5.74) is 12.0. The van der Waals surface area contributed by atoms with Gasteiger partial charge in [-0.2, -0.15) is 0 Å². The molecule has 0 saturated carbocycles. The van der Waals surface area contributed by atoms with Gasteiger partial charge >= 0.3 is 0 Å². The van der Waals surface area contributed by atoms with E-state index in [0.29, 0.717) is 5.82 Å². The molecule has 2 aromatic heterocycles. The average Bonchev–Trinajstić information content (AvgIpc) is 2.93. The maximum absolute atomic E-state index is 6.13. The van der Waals surface area contributed by atoms with Gasteiger partial charge in [0, 0.05) is 30.7 Å². The van der Waals surface area contributed by atoms with Gasteiger partial charge in [0.15, 0.2) is 5.82 Å². The minimum absolute atomic E-state index is 0.432. The van der Waals surface area contributed by atoms with Gasteiger partial charge in [0.1, 0.15) is 5.52 Å². The molecule has 114 valence electrons. The van der Waals surface area contributed by atoms with E-state index < -0.39 is 0 Å². The molecule has 0 bridgehead atoms. The number of nitrogens with zero attached hydrogens (tertiary/aromatic N) is 3. The third-order valence-corrected chi connectivity index (χ3v) is 4.11. The van der Waals surface area contributed by atoms with Crippen LogP contribution in [0.15, 0.2) is 48.5 Å². The van der Waals surface area contributed by atoms with Crippen LogP contribution in [-0.4, -0.2) is 29.3 Å². The van der Waals surface area contributed by atoms with Crippen molar-refractivity contribution in [1.29, 1.82) is 0 Å². The lowest BCUT2D eigenvalue weighted by atomic mass is 10.0. The van der Waals surface area contributed by atoms with Gasteiger partial charge in [0.25, 0.3) is 0 Å². The van der Waals surface area contributed by atoms with Gasteiger partial charge in [0.05, 0.1) is 11.1 Å². The summed E-state index contributed by atoms with van der Waals surface area (Å²) in [5, 5.41) is 9.50. The molecule has 0 unspecified atom stereocenters. The Balaban J connectivity index is 2.00. The SMILES string of the molecule is CN(C)c1ccc(-c2c(N)nnc3c2[nH]c2ccccc23)cc1. The van der Waals surface area contributed by atoms with Crippen molar-refractivity contribution in [3.05, 3.63) is 48.5 Å². The summed E-state index contributed by atoms with van der Waals surface area (Å²) in [6, 6.07) is 16.3. The molecule has 2 aromatic carbocycles. The Bertz CT molecular complexity index is 999. The van der Waals surface area contributed by atoms with Crippen LogP contribution in [0.2, 0.25) is 0 Å². The van der Waals surface area contributed by atoms with E-state index in [1.807, 2.05) is 38.4 Å². The summed E-state index contributed by atoms with van der Waals surface area (Å²) >= 11 is 0. The minimum Gasteiger partial charge on any atom is -0.382 e. The lowest BCUT2D eigenvalue weighted by Crippen LogP contribution is -2.08. The third kappa shape index (κ3) is 2.09. The fourth-order valence-corrected chi connectivity index (χ4v) is 2.91. The van der Waals surface area contributed by atoms with Crippen molar-refractivity contribution in [2.24, 2.45) is 0 Å². The molecule has 23 heavy (non-hydrogen) atoms. The Hall–Kier alpha value is -3.08. The number of fused-ring (bicyclic) bond motifs is 3. The van der Waals surface area contributed by atoms with E-state index in [1.165, 1.54) is 0 Å². The van der Waals surface area contributed by atoms with Crippen LogP contribution in [0.3, 0.4) is 0 Å². The molecule has 0 aliphatic carbocycles. The molecule has 3 N–H and O–H groups in total. The quantitative estimate of drug-likeness (QED) is 0.595. The van der Waals surface area contributed by atoms with Crippen LogP contribution in [0.4, 0.5) is 11.5 Å². The smallest absolute Gasteiger partial charge is 0.156 e. The summed E-state index contributed by atoms with van der Waals surface area (Å²) < 4.78 is 0. The molecule has 2 heterocycles. The van der Waals surface area contributed by atoms with Gasteiger partial charge in [-0.15, -0.1) is 10.2 Å². The minimum atomic E-state index is 0.432. The van der Waals surface area contributed by atoms with E-state index in [9.17, 15) is 0 Å². The highest BCUT2D eigenvalue weighted by Gasteiger charge is 2.15. The normalized spacial score (nSPS) is 11.2. The van der Waals surface area contributed by atoms with Gasteiger partial charge in [-0.05, 0) is 23.8 Å². The van der Waals surface area contributed by atoms with Crippen molar-refractivity contribution in [2.75, 3.05) is 24.7 Å². The number of hydrogen-bond donors (Lipinski definition) is 2. The Kier molecular flexibility index (Phi) is 2.94. The molecular weight excluding hydrogens is 286 g/mol. The maximum atomic E-state index is 6.13. The lowest BCUT2D eigenvalue weighted by Gasteiger charge is -2.13. The molecule has 0 fully saturated rings. The van der Waals surface area contributed by atoms with Crippen molar-refractivity contribution < 1.29 is 0 Å². The summed E-state index contributed by atoms with van der Waals surface area (Å²) in [7, 11) is 4.04. The van der Waals surface area contributed by atoms with Gasteiger partial charge in [0.2, 0.25) is 0 Å². The predicted octanol–water partition coefficient (Wildman–Crippen LogP) is 3.43. The van der Waals surface area contributed by atoms with Crippen molar-refractivity contribution in [3.8, 4) is 11.1 Å². The lowest BCUT2D eigenvalue weighted by molar-refractivity contribution is 1.09. The highest BCUT2D eigenvalue weighted by molar-refractivity contribution is 6.11. The number of aromatic amines is 1. The molecule has 0 radical (unpaired) electrons. The van der Waals surface area contributed by atoms with Crippen LogP contribution in [0.5, 0.6) is 0 Å². The standard InChI is InChI=1S/C18H17N5/c1-23(2)12-9-7-11(8-10-12)15-17-16(21-22-18(15)19)13-5-3-4-6-14(13)20-17/h3-10,20H,1-2H3,(H2,19,22). The number of para-hydroxylation sites is 1. The number of benzene rings is 2. The summed E-state index contributed by atoms with van der Waals surface area (Å²) in [6.07, 6.45) is 0. The fourth-order valence-electron chi connectivity index (χ4n) is 2.91. The molecule has 0 aliphatic rings. The number of nitrogens with two attached hydrogens (primary N) is 1. The molecule has 0 aliphatic heterocycles. The Morgan fingerprint density at radius 1 is 0.957 bits per heavy atom. The summed E-state index contributed by atoms with van der Waals surface area (Å²) in [6.45, 7) is 0. The Morgan fingerprint density at radius 2 is 1.70 bits per heavy atom. The first-order valence-corrected chi connectivity index (χ1v) is 7.45. The van der Waals surface area contributed by atoms with Gasteiger partial charge in [-0.1, -0.05) is 30.3 Å². The molecule has 0 saturated heterocycles. The Labute approximate surface area is 133 Å². The predicted molar refractivity (Wildman–Crippen MR) is 95.6 cm³/mol. The van der Waals surface area contributed by atoms with E-state index in [1.54, 1.807) is 0 Å². The van der Waals surface area contributed by atoms with Crippen molar-refractivity contribution in [1.82, 2.24) is 15.2 Å². The molecule has 0 atom stereocenters. The Morgan fingerprint density at radius 3 is 2.43 bits per heavy atom. The van der Waals surface area contributed by atoms with Crippen LogP contribution < -0.4 is 10.6 Å². The monoisotopic (exact) mass is 303 g/mol. The van der Waals surface area contributed by atoms with Crippen LogP contribution >= 0.6 is 0 Å². The van der Waals surface area contributed by atoms with E-state index in [0.717, 1.165) is 38.8 Å². The molecule has 0 amide bonds. The highest BCUT2D eigenvalue weighted by atomic mass is 15.1. The van der Waals surface area contributed by atoms with Crippen LogP contribution in [0, 0.1) is 0 Å². The first-order valence-electron chi connectivity index (χ1n) is 7.45. The summed E-state index contributed by atoms with van der Waals surface area (Å²) in [4.78, 5) is 5.50. The number of nitrogens with one attached hydrogen (secondary N) is 1. The van der Waals surface area contributed by atoms with Crippen LogP contribution in [0.25, 0.3) is 33.1 Å². The number of rotatable bonds is 2. The summed E-state index contributed by atoms with van der Waals surface area (Å²) in [5.74, 6) is 0.432. The van der Waals surface area contributed by atoms with Gasteiger partial charge in [-0.25, -0.2) is 0 Å². The highest BCUT2D eigenvalue weighted by Crippen LogP contribution is 2.35. The van der Waals surface area contributed by atoms with E-state index in [2.05, 4.69) is 44.3 Å². The molecule has 5 nitrogen and oxygen atoms in total. The first kappa shape index (κ1) is 13.6. The molecule has 4 rings (SSSR count). The maximum Gasteiger partial charge on any atom is 0.156 e. The second-order valence-electron chi connectivity index (χ2n) is 5.80. The number of nitrogen functional groups attached to an aromatic ring is 1. The van der Waals surface area contributed by atoms with Crippen molar-refractivity contribution in [2.45, 2.75) is 0 Å². The zero-order valence-electron chi connectivity index (χ0n) is 13.0. The van der Waals surface area contributed by atoms with E-state index in [-0.39, 0.29) is 0 Å². The number of anilines is 2. The zero-order chi connectivity index (χ0) is 16.0. The van der Waals surface area contributed by atoms with Crippen molar-refractivity contribution >= 4 is 33.4 Å². The van der Waals surface area contributed by atoms with E-state index >= 15 is 0 Å². The average molecular weight is 303 g/mol. The number of aromatic nitrogens is 3. The van der Waals surface area contributed by atoms with Gasteiger partial charge < -0.3 is 15.6 Å². The van der Waals surface area contributed by atoms with Gasteiger partial charge in [-0.3, -0.25) is 0 Å². The number of H-pyrrole nitrogens is 1. The second-order valence-corrected chi connectivity index (χ2v) is 5.80. The van der Waals surface area contributed by atoms with Crippen LogP contribution in [0.1, 0.15) is 0 Å². The topological polar surface area (TPSA) is 70.8 Å². The number of hydrogen-bond acceptors (Lipinski definition) is 4. The molecule has 4 aromatic rings. The zero-order valence-corrected chi connectivity index (χ0v) is 13.0. The fraction of sp³-hybridized carbons (Fsp3) is 0.111.